The molecule has 5 N–H and O–H groups in total. The van der Waals surface area contributed by atoms with Gasteiger partial charge in [-0.2, -0.15) is 0 Å². The van der Waals surface area contributed by atoms with Crippen molar-refractivity contribution in [1.82, 2.24) is 25.1 Å². The van der Waals surface area contributed by atoms with E-state index in [-0.39, 0.29) is 24.0 Å². The molecule has 0 saturated heterocycles. The second kappa shape index (κ2) is 11.4. The molecule has 12 heteroatoms. The highest BCUT2D eigenvalue weighted by molar-refractivity contribution is 6.06. The number of ether oxygens (including phenoxy) is 1. The number of carbonyl (C=O) groups is 2. The maximum Gasteiger partial charge on any atom is 0.324 e. The van der Waals surface area contributed by atoms with Crippen molar-refractivity contribution in [2.45, 2.75) is 13.5 Å². The summed E-state index contributed by atoms with van der Waals surface area (Å²) < 4.78 is 7.54. The second-order valence-electron chi connectivity index (χ2n) is 8.81. The number of urea groups is 2. The van der Waals surface area contributed by atoms with Gasteiger partial charge in [0.2, 0.25) is 0 Å². The zero-order valence-corrected chi connectivity index (χ0v) is 21.7. The Morgan fingerprint density at radius 3 is 2.55 bits per heavy atom. The van der Waals surface area contributed by atoms with E-state index in [2.05, 4.69) is 36.3 Å². The lowest BCUT2D eigenvalue weighted by Crippen LogP contribution is -2.25. The van der Waals surface area contributed by atoms with Crippen molar-refractivity contribution in [2.24, 2.45) is 0 Å². The Kier molecular flexibility index (Phi) is 7.40. The third-order valence-electron chi connectivity index (χ3n) is 5.93. The Labute approximate surface area is 228 Å². The first-order valence-electron chi connectivity index (χ1n) is 12.3. The maximum atomic E-state index is 13.0. The molecule has 3 heterocycles. The molecule has 5 aromatic rings. The summed E-state index contributed by atoms with van der Waals surface area (Å²) in [5.74, 6) is 1.19. The van der Waals surface area contributed by atoms with Crippen LogP contribution in [0.15, 0.2) is 83.9 Å². The standard InChI is InChI=1S/C28H26N8O4/c1-17-5-7-19(8-6-17)36-24(15-25(37)35-36)34-28(39)32-21-9-10-22(26-20(21)4-3-12-31-26)40-16-18-11-13-30-23(14-18)33-27(38)29-2/h3-15H,16H2,1-2H3,(H,35,37)(H2,32,34,39)(H2,29,30,33,38). The monoisotopic (exact) mass is 538 g/mol. The number of hydrogen-bond donors (Lipinski definition) is 5. The third-order valence-corrected chi connectivity index (χ3v) is 5.93. The first-order chi connectivity index (χ1) is 19.4. The van der Waals surface area contributed by atoms with Crippen LogP contribution in [0.4, 0.5) is 26.9 Å². The molecule has 0 bridgehead atoms. The van der Waals surface area contributed by atoms with Gasteiger partial charge in [0.25, 0.3) is 5.56 Å². The van der Waals surface area contributed by atoms with E-state index >= 15 is 0 Å². The highest BCUT2D eigenvalue weighted by Crippen LogP contribution is 2.31. The first kappa shape index (κ1) is 26.0. The molecule has 0 atom stereocenters. The number of nitrogens with one attached hydrogen (secondary N) is 5. The summed E-state index contributed by atoms with van der Waals surface area (Å²) in [6.45, 7) is 2.17. The predicted molar refractivity (Wildman–Crippen MR) is 152 cm³/mol. The Morgan fingerprint density at radius 2 is 1.75 bits per heavy atom. The fraction of sp³-hybridized carbons (Fsp3) is 0.107. The molecule has 0 saturated carbocycles. The van der Waals surface area contributed by atoms with Crippen LogP contribution in [0.25, 0.3) is 16.6 Å². The van der Waals surface area contributed by atoms with E-state index in [4.69, 9.17) is 4.74 Å². The summed E-state index contributed by atoms with van der Waals surface area (Å²) in [4.78, 5) is 45.2. The van der Waals surface area contributed by atoms with Crippen molar-refractivity contribution in [3.63, 3.8) is 0 Å². The molecule has 3 aromatic heterocycles. The van der Waals surface area contributed by atoms with Crippen molar-refractivity contribution in [2.75, 3.05) is 23.0 Å². The number of nitrogens with zero attached hydrogens (tertiary/aromatic N) is 3. The van der Waals surface area contributed by atoms with E-state index in [1.807, 2.05) is 37.3 Å². The lowest BCUT2D eigenvalue weighted by Gasteiger charge is -2.14. The van der Waals surface area contributed by atoms with Crippen LogP contribution in [0.5, 0.6) is 5.75 Å². The highest BCUT2D eigenvalue weighted by atomic mass is 16.5. The number of aromatic amines is 1. The van der Waals surface area contributed by atoms with E-state index in [9.17, 15) is 14.4 Å². The number of rotatable bonds is 7. The molecule has 0 aliphatic rings. The predicted octanol–water partition coefficient (Wildman–Crippen LogP) is 4.39. The summed E-state index contributed by atoms with van der Waals surface area (Å²) in [5, 5.41) is 14.0. The largest absolute Gasteiger partial charge is 0.487 e. The summed E-state index contributed by atoms with van der Waals surface area (Å²) in [5.41, 5.74) is 3.27. The highest BCUT2D eigenvalue weighted by Gasteiger charge is 2.14. The van der Waals surface area contributed by atoms with Crippen LogP contribution in [-0.4, -0.2) is 38.9 Å². The van der Waals surface area contributed by atoms with Gasteiger partial charge in [-0.05, 0) is 61.0 Å². The van der Waals surface area contributed by atoms with E-state index in [1.54, 1.807) is 42.7 Å². The van der Waals surface area contributed by atoms with E-state index in [1.165, 1.54) is 17.8 Å². The number of hydrogen-bond acceptors (Lipinski definition) is 6. The zero-order chi connectivity index (χ0) is 28.1. The summed E-state index contributed by atoms with van der Waals surface area (Å²) in [6.07, 6.45) is 3.21. The van der Waals surface area contributed by atoms with Gasteiger partial charge in [-0.15, -0.1) is 0 Å². The normalized spacial score (nSPS) is 10.7. The van der Waals surface area contributed by atoms with E-state index < -0.39 is 6.03 Å². The second-order valence-corrected chi connectivity index (χ2v) is 8.81. The molecule has 2 aromatic carbocycles. The quantitative estimate of drug-likeness (QED) is 0.207. The molecular formula is C28H26N8O4. The van der Waals surface area contributed by atoms with Gasteiger partial charge >= 0.3 is 12.1 Å². The minimum atomic E-state index is -0.536. The van der Waals surface area contributed by atoms with Crippen LogP contribution < -0.4 is 31.6 Å². The fourth-order valence-corrected chi connectivity index (χ4v) is 4.00. The number of H-pyrrole nitrogens is 1. The summed E-state index contributed by atoms with van der Waals surface area (Å²) >= 11 is 0. The Bertz CT molecular complexity index is 1740. The molecule has 40 heavy (non-hydrogen) atoms. The van der Waals surface area contributed by atoms with Crippen LogP contribution >= 0.6 is 0 Å². The SMILES string of the molecule is CNC(=O)Nc1cc(COc2ccc(NC(=O)Nc3cc(=O)[nH]n3-c3ccc(C)cc3)c3cccnc23)ccn1. The fourth-order valence-electron chi connectivity index (χ4n) is 4.00. The molecule has 0 spiro atoms. The Morgan fingerprint density at radius 1 is 0.925 bits per heavy atom. The van der Waals surface area contributed by atoms with Gasteiger partial charge < -0.3 is 15.4 Å². The summed E-state index contributed by atoms with van der Waals surface area (Å²) in [7, 11) is 1.52. The number of fused-ring (bicyclic) bond motifs is 1. The van der Waals surface area contributed by atoms with Crippen LogP contribution in [-0.2, 0) is 6.61 Å². The number of anilines is 3. The summed E-state index contributed by atoms with van der Waals surface area (Å²) in [6, 6.07) is 18.4. The van der Waals surface area contributed by atoms with Gasteiger partial charge in [-0.1, -0.05) is 17.7 Å². The van der Waals surface area contributed by atoms with Crippen LogP contribution in [0, 0.1) is 6.92 Å². The van der Waals surface area contributed by atoms with Gasteiger partial charge in [-0.25, -0.2) is 19.3 Å². The number of aromatic nitrogens is 4. The van der Waals surface area contributed by atoms with Gasteiger partial charge in [0.15, 0.2) is 0 Å². The molecule has 5 rings (SSSR count). The van der Waals surface area contributed by atoms with Gasteiger partial charge in [-0.3, -0.25) is 25.5 Å². The number of pyridine rings is 2. The van der Waals surface area contributed by atoms with E-state index in [0.29, 0.717) is 33.8 Å². The number of amides is 4. The molecule has 0 radical (unpaired) electrons. The third kappa shape index (κ3) is 5.91. The Hall–Kier alpha value is -5.65. The van der Waals surface area contributed by atoms with Crippen LogP contribution in [0.2, 0.25) is 0 Å². The maximum absolute atomic E-state index is 13.0. The molecular weight excluding hydrogens is 512 g/mol. The lowest BCUT2D eigenvalue weighted by molar-refractivity contribution is 0.253. The minimum Gasteiger partial charge on any atom is -0.487 e. The van der Waals surface area contributed by atoms with Crippen LogP contribution in [0.1, 0.15) is 11.1 Å². The van der Waals surface area contributed by atoms with Crippen molar-refractivity contribution >= 4 is 40.3 Å². The molecule has 0 aliphatic heterocycles. The van der Waals surface area contributed by atoms with Gasteiger partial charge in [0.05, 0.1) is 11.4 Å². The zero-order valence-electron chi connectivity index (χ0n) is 21.7. The molecule has 0 aliphatic carbocycles. The number of benzene rings is 2. The average molecular weight is 539 g/mol. The van der Waals surface area contributed by atoms with Crippen LogP contribution in [0.3, 0.4) is 0 Å². The van der Waals surface area contributed by atoms with E-state index in [0.717, 1.165) is 11.1 Å². The Balaban J connectivity index is 1.32. The van der Waals surface area contributed by atoms with Gasteiger partial charge in [0.1, 0.15) is 29.5 Å². The molecule has 12 nitrogen and oxygen atoms in total. The smallest absolute Gasteiger partial charge is 0.324 e. The molecule has 0 fully saturated rings. The first-order valence-corrected chi connectivity index (χ1v) is 12.3. The molecule has 0 unspecified atom stereocenters. The topological polar surface area (TPSA) is 155 Å². The van der Waals surface area contributed by atoms with Gasteiger partial charge in [0, 0.05) is 30.9 Å². The lowest BCUT2D eigenvalue weighted by atomic mass is 10.1. The van der Waals surface area contributed by atoms with Crippen molar-refractivity contribution in [1.29, 1.82) is 0 Å². The minimum absolute atomic E-state index is 0.202. The number of aryl methyl sites for hydroxylation is 1. The molecule has 202 valence electrons. The molecule has 4 amide bonds. The average Bonchev–Trinajstić information content (AvgIpc) is 3.32. The van der Waals surface area contributed by atoms with Crippen molar-refractivity contribution in [3.8, 4) is 11.4 Å². The van der Waals surface area contributed by atoms with Crippen molar-refractivity contribution < 1.29 is 14.3 Å². The van der Waals surface area contributed by atoms with Crippen molar-refractivity contribution in [3.05, 3.63) is 101 Å². The number of carbonyl (C=O) groups excluding carboxylic acids is 2.